The van der Waals surface area contributed by atoms with E-state index < -0.39 is 0 Å². The number of anilines is 3. The molecule has 0 spiro atoms. The average molecular weight is 458 g/mol. The SMILES string of the molecule is Cc1ccccc1N(c1ccc(-c2ccc3c(c2)C2(C)CCC3(C)CC2)cc1)c1ccccc1C. The fourth-order valence-corrected chi connectivity index (χ4v) is 6.48. The third-order valence-corrected chi connectivity index (χ3v) is 8.95. The summed E-state index contributed by atoms with van der Waals surface area (Å²) in [5, 5.41) is 0. The van der Waals surface area contributed by atoms with Crippen LogP contribution in [-0.4, -0.2) is 0 Å². The molecule has 0 atom stereocenters. The number of para-hydroxylation sites is 2. The first-order chi connectivity index (χ1) is 16.9. The van der Waals surface area contributed by atoms with E-state index in [1.165, 1.54) is 65.0 Å². The van der Waals surface area contributed by atoms with E-state index in [1.807, 2.05) is 0 Å². The molecule has 1 fully saturated rings. The van der Waals surface area contributed by atoms with Crippen LogP contribution in [0.2, 0.25) is 0 Å². The first-order valence-electron chi connectivity index (χ1n) is 13.0. The van der Waals surface area contributed by atoms with E-state index in [1.54, 1.807) is 11.1 Å². The van der Waals surface area contributed by atoms with Crippen LogP contribution in [0.3, 0.4) is 0 Å². The van der Waals surface area contributed by atoms with Crippen molar-refractivity contribution in [2.24, 2.45) is 0 Å². The van der Waals surface area contributed by atoms with Gasteiger partial charge in [-0.15, -0.1) is 0 Å². The van der Waals surface area contributed by atoms with E-state index in [-0.39, 0.29) is 0 Å². The van der Waals surface area contributed by atoms with Gasteiger partial charge in [0.2, 0.25) is 0 Å². The fraction of sp³-hybridized carbons (Fsp3) is 0.294. The second kappa shape index (κ2) is 8.12. The number of hydrogen-bond donors (Lipinski definition) is 0. The highest BCUT2D eigenvalue weighted by atomic mass is 15.1. The van der Waals surface area contributed by atoms with Crippen molar-refractivity contribution < 1.29 is 0 Å². The van der Waals surface area contributed by atoms with Crippen molar-refractivity contribution in [3.05, 3.63) is 113 Å². The quantitative estimate of drug-likeness (QED) is 0.295. The molecular formula is C34H35N. The van der Waals surface area contributed by atoms with Crippen LogP contribution < -0.4 is 4.90 Å². The van der Waals surface area contributed by atoms with Crippen molar-refractivity contribution in [1.82, 2.24) is 0 Å². The van der Waals surface area contributed by atoms with Crippen LogP contribution >= 0.6 is 0 Å². The molecule has 0 saturated heterocycles. The molecule has 0 N–H and O–H groups in total. The van der Waals surface area contributed by atoms with E-state index in [2.05, 4.69) is 124 Å². The Hall–Kier alpha value is -3.32. The molecule has 3 aliphatic carbocycles. The Morgan fingerprint density at radius 3 is 1.57 bits per heavy atom. The second-order valence-corrected chi connectivity index (χ2v) is 11.3. The highest BCUT2D eigenvalue weighted by Crippen LogP contribution is 2.56. The summed E-state index contributed by atoms with van der Waals surface area (Å²) in [7, 11) is 0. The standard InChI is InChI=1S/C34H35N/c1-24-9-5-7-11-31(24)35(32-12-8-6-10-25(32)2)28-16-13-26(14-17-28)27-15-18-29-30(23-27)34(4)21-19-33(29,3)20-22-34/h5-18,23H,19-22H2,1-4H3. The van der Waals surface area contributed by atoms with E-state index in [9.17, 15) is 0 Å². The highest BCUT2D eigenvalue weighted by molar-refractivity contribution is 5.81. The minimum Gasteiger partial charge on any atom is -0.310 e. The number of rotatable bonds is 4. The van der Waals surface area contributed by atoms with Gasteiger partial charge in [-0.2, -0.15) is 0 Å². The summed E-state index contributed by atoms with van der Waals surface area (Å²) in [6, 6.07) is 33.7. The third-order valence-electron chi connectivity index (χ3n) is 8.95. The van der Waals surface area contributed by atoms with Gasteiger partial charge in [0.25, 0.3) is 0 Å². The lowest BCUT2D eigenvalue weighted by atomic mass is 9.52. The molecular weight excluding hydrogens is 422 g/mol. The van der Waals surface area contributed by atoms with Crippen molar-refractivity contribution >= 4 is 17.1 Å². The summed E-state index contributed by atoms with van der Waals surface area (Å²) >= 11 is 0. The molecule has 1 saturated carbocycles. The Labute approximate surface area is 210 Å². The summed E-state index contributed by atoms with van der Waals surface area (Å²) < 4.78 is 0. The van der Waals surface area contributed by atoms with Crippen LogP contribution in [0.25, 0.3) is 11.1 Å². The number of hydrogen-bond acceptors (Lipinski definition) is 1. The van der Waals surface area contributed by atoms with Crippen LogP contribution in [0.15, 0.2) is 91.0 Å². The Morgan fingerprint density at radius 2 is 1.03 bits per heavy atom. The van der Waals surface area contributed by atoms with Gasteiger partial charge in [-0.3, -0.25) is 0 Å². The summed E-state index contributed by atoms with van der Waals surface area (Å²) in [5.74, 6) is 0. The lowest BCUT2D eigenvalue weighted by Crippen LogP contribution is -2.44. The molecule has 2 bridgehead atoms. The molecule has 0 unspecified atom stereocenters. The van der Waals surface area contributed by atoms with Gasteiger partial charge in [0.15, 0.2) is 0 Å². The molecule has 0 radical (unpaired) electrons. The molecule has 0 amide bonds. The maximum absolute atomic E-state index is 2.50. The van der Waals surface area contributed by atoms with Crippen LogP contribution in [0.5, 0.6) is 0 Å². The van der Waals surface area contributed by atoms with E-state index >= 15 is 0 Å². The summed E-state index contributed by atoms with van der Waals surface area (Å²) in [6.07, 6.45) is 5.30. The molecule has 0 aliphatic heterocycles. The van der Waals surface area contributed by atoms with Crippen molar-refractivity contribution in [3.8, 4) is 11.1 Å². The zero-order valence-electron chi connectivity index (χ0n) is 21.4. The molecule has 0 aromatic heterocycles. The van der Waals surface area contributed by atoms with Crippen LogP contribution in [0.1, 0.15) is 61.8 Å². The molecule has 176 valence electrons. The van der Waals surface area contributed by atoms with Crippen molar-refractivity contribution in [3.63, 3.8) is 0 Å². The van der Waals surface area contributed by atoms with Gasteiger partial charge < -0.3 is 4.90 Å². The van der Waals surface area contributed by atoms with Crippen LogP contribution in [0, 0.1) is 13.8 Å². The zero-order valence-corrected chi connectivity index (χ0v) is 21.4. The van der Waals surface area contributed by atoms with E-state index in [0.29, 0.717) is 10.8 Å². The monoisotopic (exact) mass is 457 g/mol. The van der Waals surface area contributed by atoms with E-state index in [0.717, 1.165) is 0 Å². The predicted molar refractivity (Wildman–Crippen MR) is 149 cm³/mol. The van der Waals surface area contributed by atoms with Gasteiger partial charge in [0.1, 0.15) is 0 Å². The first-order valence-corrected chi connectivity index (χ1v) is 13.0. The van der Waals surface area contributed by atoms with Crippen LogP contribution in [-0.2, 0) is 10.8 Å². The minimum atomic E-state index is 0.343. The topological polar surface area (TPSA) is 3.24 Å². The zero-order chi connectivity index (χ0) is 24.2. The normalized spacial score (nSPS) is 22.6. The molecule has 1 heteroatoms. The molecule has 35 heavy (non-hydrogen) atoms. The van der Waals surface area contributed by atoms with Gasteiger partial charge in [-0.25, -0.2) is 0 Å². The maximum atomic E-state index is 2.50. The van der Waals surface area contributed by atoms with Crippen molar-refractivity contribution in [2.75, 3.05) is 4.90 Å². The van der Waals surface area contributed by atoms with Gasteiger partial charge in [-0.05, 0) is 108 Å². The lowest BCUT2D eigenvalue weighted by Gasteiger charge is -2.52. The molecule has 4 aromatic rings. The number of nitrogens with zero attached hydrogens (tertiary/aromatic N) is 1. The van der Waals surface area contributed by atoms with Crippen molar-refractivity contribution in [1.29, 1.82) is 0 Å². The fourth-order valence-electron chi connectivity index (χ4n) is 6.48. The highest BCUT2D eigenvalue weighted by Gasteiger charge is 2.47. The van der Waals surface area contributed by atoms with Crippen molar-refractivity contribution in [2.45, 2.75) is 64.2 Å². The number of benzene rings is 4. The molecule has 7 rings (SSSR count). The Bertz CT molecular complexity index is 1340. The van der Waals surface area contributed by atoms with E-state index in [4.69, 9.17) is 0 Å². The Kier molecular flexibility index (Phi) is 5.14. The largest absolute Gasteiger partial charge is 0.310 e. The molecule has 1 nitrogen and oxygen atoms in total. The Balaban J connectivity index is 1.41. The van der Waals surface area contributed by atoms with Gasteiger partial charge in [0, 0.05) is 17.1 Å². The maximum Gasteiger partial charge on any atom is 0.0490 e. The number of fused-ring (bicyclic) bond motifs is 2. The van der Waals surface area contributed by atoms with Gasteiger partial charge in [0.05, 0.1) is 0 Å². The summed E-state index contributed by atoms with van der Waals surface area (Å²) in [6.45, 7) is 9.35. The minimum absolute atomic E-state index is 0.343. The summed E-state index contributed by atoms with van der Waals surface area (Å²) in [5.41, 5.74) is 12.7. The third kappa shape index (κ3) is 3.60. The Morgan fingerprint density at radius 1 is 0.543 bits per heavy atom. The lowest BCUT2D eigenvalue weighted by molar-refractivity contribution is 0.188. The second-order valence-electron chi connectivity index (χ2n) is 11.3. The van der Waals surface area contributed by atoms with Gasteiger partial charge in [-0.1, -0.05) is 80.6 Å². The molecule has 0 heterocycles. The molecule has 3 aliphatic rings. The number of aryl methyl sites for hydroxylation is 2. The molecule has 4 aromatic carbocycles. The van der Waals surface area contributed by atoms with Gasteiger partial charge >= 0.3 is 0 Å². The smallest absolute Gasteiger partial charge is 0.0490 e. The predicted octanol–water partition coefficient (Wildman–Crippen LogP) is 9.54. The first kappa shape index (κ1) is 22.2. The van der Waals surface area contributed by atoms with Crippen LogP contribution in [0.4, 0.5) is 17.1 Å². The average Bonchev–Trinajstić information content (AvgIpc) is 2.88. The summed E-state index contributed by atoms with van der Waals surface area (Å²) in [4.78, 5) is 2.39.